The summed E-state index contributed by atoms with van der Waals surface area (Å²) >= 11 is 3.28. The van der Waals surface area contributed by atoms with E-state index in [4.69, 9.17) is 3.97 Å². The molecule has 0 radical (unpaired) electrons. The van der Waals surface area contributed by atoms with Crippen molar-refractivity contribution in [3.8, 4) is 0 Å². The zero-order valence-electron chi connectivity index (χ0n) is 9.38. The van der Waals surface area contributed by atoms with Crippen molar-refractivity contribution in [3.05, 3.63) is 60.7 Å². The number of hydrogen-bond acceptors (Lipinski definition) is 2. The number of benzene rings is 2. The monoisotopic (exact) mass is 300 g/mol. The molecular formula is C12H13O3PS2. The molecule has 6 heteroatoms. The third-order valence-electron chi connectivity index (χ3n) is 2.17. The van der Waals surface area contributed by atoms with E-state index in [1.54, 1.807) is 0 Å². The van der Waals surface area contributed by atoms with Gasteiger partial charge >= 0.3 is 6.72 Å². The number of rotatable bonds is 4. The number of thiol groups is 1. The molecule has 96 valence electrons. The van der Waals surface area contributed by atoms with Crippen LogP contribution >= 0.6 is 17.9 Å². The molecule has 0 amide bonds. The molecule has 2 aromatic rings. The Morgan fingerprint density at radius 1 is 0.833 bits per heavy atom. The van der Waals surface area contributed by atoms with Crippen molar-refractivity contribution in [3.63, 3.8) is 0 Å². The van der Waals surface area contributed by atoms with Gasteiger partial charge in [0.15, 0.2) is 0 Å². The highest BCUT2D eigenvalue weighted by Gasteiger charge is 2.18. The van der Waals surface area contributed by atoms with Crippen LogP contribution in [0, 0.1) is 0 Å². The molecule has 0 aliphatic rings. The van der Waals surface area contributed by atoms with E-state index in [0.717, 1.165) is 9.79 Å². The van der Waals surface area contributed by atoms with Gasteiger partial charge in [-0.05, 0) is 36.1 Å². The smallest absolute Gasteiger partial charge is 0.324 e. The predicted molar refractivity (Wildman–Crippen MR) is 78.2 cm³/mol. The van der Waals surface area contributed by atoms with E-state index in [0.29, 0.717) is 0 Å². The summed E-state index contributed by atoms with van der Waals surface area (Å²) in [5, 5.41) is 0. The van der Waals surface area contributed by atoms with Crippen LogP contribution < -0.4 is 0 Å². The van der Waals surface area contributed by atoms with Crippen molar-refractivity contribution in [2.45, 2.75) is 9.79 Å². The SMILES string of the molecule is OP(O)(=S)O[SH](c1ccccc1)c1ccccc1. The Labute approximate surface area is 114 Å². The predicted octanol–water partition coefficient (Wildman–Crippen LogP) is 3.25. The van der Waals surface area contributed by atoms with Gasteiger partial charge in [0.25, 0.3) is 0 Å². The van der Waals surface area contributed by atoms with Gasteiger partial charge in [-0.25, -0.2) is 0 Å². The average molecular weight is 300 g/mol. The first-order chi connectivity index (χ1) is 8.56. The average Bonchev–Trinajstić information content (AvgIpc) is 2.37. The fourth-order valence-electron chi connectivity index (χ4n) is 1.48. The second-order valence-corrected chi connectivity index (χ2v) is 8.22. The van der Waals surface area contributed by atoms with Crippen molar-refractivity contribution in [2.24, 2.45) is 0 Å². The minimum absolute atomic E-state index is 0.899. The van der Waals surface area contributed by atoms with E-state index < -0.39 is 17.9 Å². The second-order valence-electron chi connectivity index (χ2n) is 3.54. The van der Waals surface area contributed by atoms with Crippen molar-refractivity contribution in [1.82, 2.24) is 0 Å². The van der Waals surface area contributed by atoms with Crippen LogP contribution in [-0.2, 0) is 15.8 Å². The molecule has 0 aliphatic carbocycles. The van der Waals surface area contributed by atoms with Crippen LogP contribution in [0.2, 0.25) is 0 Å². The summed E-state index contributed by atoms with van der Waals surface area (Å²) in [6, 6.07) is 18.9. The molecule has 0 atom stereocenters. The van der Waals surface area contributed by atoms with E-state index >= 15 is 0 Å². The van der Waals surface area contributed by atoms with Crippen LogP contribution in [0.5, 0.6) is 0 Å². The van der Waals surface area contributed by atoms with Gasteiger partial charge < -0.3 is 9.79 Å². The van der Waals surface area contributed by atoms with Gasteiger partial charge in [-0.15, -0.1) is 0 Å². The van der Waals surface area contributed by atoms with Crippen molar-refractivity contribution in [1.29, 1.82) is 0 Å². The van der Waals surface area contributed by atoms with E-state index in [2.05, 4.69) is 11.8 Å². The van der Waals surface area contributed by atoms with Crippen LogP contribution in [0.4, 0.5) is 0 Å². The third kappa shape index (κ3) is 3.92. The molecule has 3 nitrogen and oxygen atoms in total. The van der Waals surface area contributed by atoms with Gasteiger partial charge in [0.1, 0.15) is 0 Å². The Kier molecular flexibility index (Phi) is 4.56. The Morgan fingerprint density at radius 3 is 1.56 bits per heavy atom. The van der Waals surface area contributed by atoms with E-state index in [-0.39, 0.29) is 0 Å². The molecular weight excluding hydrogens is 287 g/mol. The van der Waals surface area contributed by atoms with E-state index in [1.165, 1.54) is 0 Å². The highest BCUT2D eigenvalue weighted by atomic mass is 32.5. The van der Waals surface area contributed by atoms with Crippen molar-refractivity contribution in [2.75, 3.05) is 0 Å². The summed E-state index contributed by atoms with van der Waals surface area (Å²) in [6.07, 6.45) is 0. The van der Waals surface area contributed by atoms with Crippen LogP contribution in [0.3, 0.4) is 0 Å². The lowest BCUT2D eigenvalue weighted by molar-refractivity contribution is 0.389. The Balaban J connectivity index is 2.39. The van der Waals surface area contributed by atoms with Gasteiger partial charge in [-0.3, -0.25) is 3.97 Å². The summed E-state index contributed by atoms with van der Waals surface area (Å²) < 4.78 is 5.31. The third-order valence-corrected chi connectivity index (χ3v) is 5.81. The minimum Gasteiger partial charge on any atom is -0.324 e. The first-order valence-corrected chi connectivity index (χ1v) is 9.10. The molecule has 2 aromatic carbocycles. The molecule has 0 saturated heterocycles. The van der Waals surface area contributed by atoms with Crippen LogP contribution in [0.1, 0.15) is 0 Å². The van der Waals surface area contributed by atoms with Gasteiger partial charge in [-0.1, -0.05) is 47.6 Å². The van der Waals surface area contributed by atoms with Gasteiger partial charge in [0.05, 0.1) is 0 Å². The molecule has 18 heavy (non-hydrogen) atoms. The Hall–Kier alpha value is -0.680. The van der Waals surface area contributed by atoms with Gasteiger partial charge in [0, 0.05) is 9.79 Å². The fourth-order valence-corrected chi connectivity index (χ4v) is 4.87. The molecule has 0 bridgehead atoms. The second kappa shape index (κ2) is 5.97. The minimum atomic E-state index is -3.69. The quantitative estimate of drug-likeness (QED) is 0.599. The first-order valence-electron chi connectivity index (χ1n) is 5.22. The number of hydrogen-bond donors (Lipinski definition) is 3. The lowest BCUT2D eigenvalue weighted by Crippen LogP contribution is -1.90. The maximum Gasteiger partial charge on any atom is 0.332 e. The zero-order chi connectivity index (χ0) is 13.0. The van der Waals surface area contributed by atoms with Crippen LogP contribution in [-0.4, -0.2) is 9.79 Å². The van der Waals surface area contributed by atoms with Gasteiger partial charge in [-0.2, -0.15) is 0 Å². The molecule has 0 unspecified atom stereocenters. The van der Waals surface area contributed by atoms with E-state index in [1.807, 2.05) is 60.7 Å². The lowest BCUT2D eigenvalue weighted by atomic mass is 10.4. The van der Waals surface area contributed by atoms with Gasteiger partial charge in [0.2, 0.25) is 0 Å². The summed E-state index contributed by atoms with van der Waals surface area (Å²) in [4.78, 5) is 20.6. The summed E-state index contributed by atoms with van der Waals surface area (Å²) in [6.45, 7) is -3.69. The molecule has 2 rings (SSSR count). The molecule has 2 N–H and O–H groups in total. The highest BCUT2D eigenvalue weighted by Crippen LogP contribution is 2.56. The van der Waals surface area contributed by atoms with E-state index in [9.17, 15) is 9.79 Å². The fraction of sp³-hybridized carbons (Fsp3) is 0. The topological polar surface area (TPSA) is 49.7 Å². The van der Waals surface area contributed by atoms with Crippen LogP contribution in [0.15, 0.2) is 70.5 Å². The Bertz CT molecular complexity index is 502. The molecule has 0 aromatic heterocycles. The zero-order valence-corrected chi connectivity index (χ0v) is 12.0. The van der Waals surface area contributed by atoms with Crippen LogP contribution in [0.25, 0.3) is 0 Å². The Morgan fingerprint density at radius 2 is 1.22 bits per heavy atom. The molecule has 0 spiro atoms. The standard InChI is InChI=1S/C12H13O3PS2/c13-16(14,17)15-18(11-7-3-1-4-8-11)12-9-5-2-6-10-12/h1-10,18H,(H2,13,14,17). The summed E-state index contributed by atoms with van der Waals surface area (Å²) in [5.74, 6) is 0. The lowest BCUT2D eigenvalue weighted by Gasteiger charge is -2.24. The first kappa shape index (κ1) is 13.7. The molecule has 0 fully saturated rings. The molecule has 0 heterocycles. The maximum atomic E-state index is 9.39. The highest BCUT2D eigenvalue weighted by molar-refractivity contribution is 8.19. The maximum absolute atomic E-state index is 9.39. The molecule has 0 aliphatic heterocycles. The summed E-state index contributed by atoms with van der Waals surface area (Å²) in [7, 11) is 0. The normalized spacial score (nSPS) is 12.2. The summed E-state index contributed by atoms with van der Waals surface area (Å²) in [5.41, 5.74) is 0. The molecule has 0 saturated carbocycles. The van der Waals surface area contributed by atoms with Crippen molar-refractivity contribution >= 4 is 29.7 Å². The van der Waals surface area contributed by atoms with Crippen molar-refractivity contribution < 1.29 is 13.8 Å². The largest absolute Gasteiger partial charge is 0.332 e.